The smallest absolute Gasteiger partial charge is 0.178 e. The molecule has 0 saturated carbocycles. The molecule has 1 fully saturated rings. The zero-order chi connectivity index (χ0) is 16.6. The first-order valence-electron chi connectivity index (χ1n) is 6.74. The summed E-state index contributed by atoms with van der Waals surface area (Å²) in [5, 5.41) is 39.3. The highest BCUT2D eigenvalue weighted by Gasteiger charge is 2.46. The Labute approximate surface area is 128 Å². The van der Waals surface area contributed by atoms with E-state index in [0.29, 0.717) is 16.9 Å². The highest BCUT2D eigenvalue weighted by Crippen LogP contribution is 2.29. The van der Waals surface area contributed by atoms with Gasteiger partial charge < -0.3 is 31.1 Å². The van der Waals surface area contributed by atoms with Crippen LogP contribution in [-0.4, -0.2) is 62.9 Å². The van der Waals surface area contributed by atoms with Crippen molar-refractivity contribution < 1.29 is 34.2 Å². The summed E-state index contributed by atoms with van der Waals surface area (Å²) in [4.78, 5) is 3.66. The van der Waals surface area contributed by atoms with Crippen LogP contribution in [0.3, 0.4) is 0 Å². The number of rotatable bonds is 4. The molecule has 2 aromatic rings. The molecule has 23 heavy (non-hydrogen) atoms. The number of benzene rings is 1. The fourth-order valence-corrected chi connectivity index (χ4v) is 2.53. The van der Waals surface area contributed by atoms with E-state index in [1.807, 2.05) is 0 Å². The van der Waals surface area contributed by atoms with Crippen molar-refractivity contribution in [2.75, 3.05) is 17.7 Å². The minimum atomic E-state index is -1.53. The molecule has 0 spiro atoms. The first kappa shape index (κ1) is 15.8. The summed E-state index contributed by atoms with van der Waals surface area (Å²) in [6.45, 7) is -0.630. The van der Waals surface area contributed by atoms with Crippen molar-refractivity contribution in [1.82, 2.24) is 10.3 Å². The van der Waals surface area contributed by atoms with Gasteiger partial charge in [-0.3, -0.25) is 0 Å². The van der Waals surface area contributed by atoms with Gasteiger partial charge in [0.25, 0.3) is 0 Å². The zero-order valence-corrected chi connectivity index (χ0v) is 11.7. The molecule has 2 heterocycles. The molecular weight excluding hydrogens is 315 g/mol. The van der Waals surface area contributed by atoms with Gasteiger partial charge in [-0.05, 0) is 27.0 Å². The summed E-state index contributed by atoms with van der Waals surface area (Å²) in [5.41, 5.74) is 6.96. The van der Waals surface area contributed by atoms with Gasteiger partial charge in [0.1, 0.15) is 18.2 Å². The third-order valence-electron chi connectivity index (χ3n) is 3.74. The van der Waals surface area contributed by atoms with E-state index in [4.69, 9.17) is 15.6 Å². The van der Waals surface area contributed by atoms with E-state index in [0.717, 1.165) is 0 Å². The number of nitrogens with two attached hydrogens (primary N) is 1. The van der Waals surface area contributed by atoms with Crippen LogP contribution in [0.4, 0.5) is 15.9 Å². The van der Waals surface area contributed by atoms with Gasteiger partial charge in [0.2, 0.25) is 0 Å². The maximum Gasteiger partial charge on any atom is 0.178 e. The predicted molar refractivity (Wildman–Crippen MR) is 73.6 cm³/mol. The van der Waals surface area contributed by atoms with Gasteiger partial charge >= 0.3 is 0 Å². The van der Waals surface area contributed by atoms with Gasteiger partial charge in [-0.1, -0.05) is 0 Å². The lowest BCUT2D eigenvalue weighted by atomic mass is 9.96. The molecule has 1 aromatic carbocycles. The molecule has 126 valence electrons. The fourth-order valence-electron chi connectivity index (χ4n) is 2.53. The molecule has 0 bridgehead atoms. The fraction of sp³-hybridized carbons (Fsp3) is 0.500. The monoisotopic (exact) mass is 330 g/mol. The Morgan fingerprint density at radius 2 is 2.04 bits per heavy atom. The van der Waals surface area contributed by atoms with Crippen LogP contribution in [0.15, 0.2) is 16.8 Å². The maximum atomic E-state index is 12.6. The number of anilines is 2. The normalized spacial score (nSPS) is 31.4. The van der Waals surface area contributed by atoms with Crippen LogP contribution >= 0.6 is 0 Å². The molecule has 1 aromatic heterocycles. The molecule has 1 aliphatic rings. The lowest BCUT2D eigenvalue weighted by Gasteiger charge is -2.40. The van der Waals surface area contributed by atoms with Crippen LogP contribution in [0, 0.1) is 0 Å². The van der Waals surface area contributed by atoms with Gasteiger partial charge in [-0.2, -0.15) is 4.94 Å². The molecule has 0 amide bonds. The largest absolute Gasteiger partial charge is 0.397 e. The minimum absolute atomic E-state index is 0.270. The van der Waals surface area contributed by atoms with Crippen LogP contribution in [0.1, 0.15) is 0 Å². The number of halogens is 1. The number of nitrogens with zero attached hydrogens (tertiary/aromatic N) is 2. The van der Waals surface area contributed by atoms with Crippen LogP contribution in [0.5, 0.6) is 0 Å². The molecule has 11 heteroatoms. The van der Waals surface area contributed by atoms with E-state index in [1.165, 1.54) is 12.1 Å². The minimum Gasteiger partial charge on any atom is -0.397 e. The number of nitrogen functional groups attached to an aromatic ring is 1. The number of hydrogen-bond donors (Lipinski definition) is 5. The van der Waals surface area contributed by atoms with E-state index in [1.54, 1.807) is 0 Å². The molecule has 6 N–H and O–H groups in total. The van der Waals surface area contributed by atoms with Gasteiger partial charge in [0.05, 0.1) is 18.0 Å². The number of nitrogens with one attached hydrogen (secondary N) is 1. The lowest BCUT2D eigenvalue weighted by molar-refractivity contribution is -0.307. The number of aliphatic hydroxyl groups excluding tert-OH is 3. The lowest BCUT2D eigenvalue weighted by Crippen LogP contribution is -2.61. The number of hydrogen-bond acceptors (Lipinski definition) is 10. The van der Waals surface area contributed by atoms with Crippen molar-refractivity contribution in [3.63, 3.8) is 0 Å². The third-order valence-corrected chi connectivity index (χ3v) is 3.74. The summed E-state index contributed by atoms with van der Waals surface area (Å²) in [5.74, 6) is 0. The van der Waals surface area contributed by atoms with Crippen molar-refractivity contribution in [3.05, 3.63) is 12.1 Å². The van der Waals surface area contributed by atoms with Gasteiger partial charge in [-0.25, -0.2) is 4.63 Å². The highest BCUT2D eigenvalue weighted by atomic mass is 19.3. The number of ether oxygens (including phenoxy) is 1. The van der Waals surface area contributed by atoms with Crippen molar-refractivity contribution in [1.29, 1.82) is 0 Å². The molecule has 0 radical (unpaired) electrons. The predicted octanol–water partition coefficient (Wildman–Crippen LogP) is -1.07. The molecular formula is C12H15FN4O6. The Bertz CT molecular complexity index is 685. The maximum absolute atomic E-state index is 12.6. The average Bonchev–Trinajstić information content (AvgIpc) is 3.03. The second kappa shape index (κ2) is 6.22. The van der Waals surface area contributed by atoms with Crippen LogP contribution in [0.2, 0.25) is 0 Å². The van der Waals surface area contributed by atoms with Crippen LogP contribution < -0.4 is 11.1 Å². The molecule has 5 unspecified atom stereocenters. The summed E-state index contributed by atoms with van der Waals surface area (Å²) in [6.07, 6.45) is -5.71. The molecule has 1 aliphatic heterocycles. The number of aliphatic hydroxyl groups is 3. The molecule has 5 atom stereocenters. The van der Waals surface area contributed by atoms with Crippen LogP contribution in [0.25, 0.3) is 11.0 Å². The summed E-state index contributed by atoms with van der Waals surface area (Å²) >= 11 is 0. The molecule has 10 nitrogen and oxygen atoms in total. The standard InChI is InChI=1S/C12H15FN4O6/c13-22-11-6(3-18)21-12(20)9(10(11)19)15-5-2-1-4(14)7-8(5)17-23-16-7/h1-2,6,9-12,15,18-20H,3,14H2. The van der Waals surface area contributed by atoms with Gasteiger partial charge in [0, 0.05) is 0 Å². The van der Waals surface area contributed by atoms with E-state index in [9.17, 15) is 14.7 Å². The van der Waals surface area contributed by atoms with Crippen molar-refractivity contribution >= 4 is 22.4 Å². The van der Waals surface area contributed by atoms with Crippen LogP contribution in [-0.2, 0) is 9.68 Å². The quantitative estimate of drug-likeness (QED) is 0.437. The van der Waals surface area contributed by atoms with E-state index in [-0.39, 0.29) is 5.52 Å². The Kier molecular flexibility index (Phi) is 4.28. The topological polar surface area (TPSA) is 156 Å². The van der Waals surface area contributed by atoms with E-state index in [2.05, 4.69) is 25.2 Å². The van der Waals surface area contributed by atoms with Gasteiger partial charge in [0.15, 0.2) is 23.4 Å². The second-order valence-corrected chi connectivity index (χ2v) is 5.13. The highest BCUT2D eigenvalue weighted by molar-refractivity contribution is 5.95. The summed E-state index contributed by atoms with van der Waals surface area (Å²) in [7, 11) is 0. The van der Waals surface area contributed by atoms with Crippen molar-refractivity contribution in [2.24, 2.45) is 0 Å². The first-order valence-corrected chi connectivity index (χ1v) is 6.74. The summed E-state index contributed by atoms with van der Waals surface area (Å²) < 4.78 is 22.3. The average molecular weight is 330 g/mol. The second-order valence-electron chi connectivity index (χ2n) is 5.13. The molecule has 0 aliphatic carbocycles. The van der Waals surface area contributed by atoms with Gasteiger partial charge in [-0.15, -0.1) is 0 Å². The summed E-state index contributed by atoms with van der Waals surface area (Å²) in [6, 6.07) is 1.91. The Morgan fingerprint density at radius 1 is 1.30 bits per heavy atom. The first-order chi connectivity index (χ1) is 11.1. The Hall–Kier alpha value is -2.05. The van der Waals surface area contributed by atoms with Crippen molar-refractivity contribution in [3.8, 4) is 0 Å². The molecule has 1 saturated heterocycles. The van der Waals surface area contributed by atoms with E-state index >= 15 is 0 Å². The van der Waals surface area contributed by atoms with E-state index < -0.39 is 37.3 Å². The Balaban J connectivity index is 1.88. The van der Waals surface area contributed by atoms with Crippen molar-refractivity contribution in [2.45, 2.75) is 30.6 Å². The number of aromatic nitrogens is 2. The SMILES string of the molecule is Nc1ccc(NC2C(O)OC(CO)C(OF)C2O)c2nonc12. The molecule has 3 rings (SSSR count). The Morgan fingerprint density at radius 3 is 2.74 bits per heavy atom. The zero-order valence-electron chi connectivity index (χ0n) is 11.7. The number of fused-ring (bicyclic) bond motifs is 1. The third kappa shape index (κ3) is 2.68.